The van der Waals surface area contributed by atoms with Crippen molar-refractivity contribution in [3.63, 3.8) is 0 Å². The number of nitrogens with one attached hydrogen (secondary N) is 4. The van der Waals surface area contributed by atoms with Gasteiger partial charge >= 0.3 is 6.09 Å². The summed E-state index contributed by atoms with van der Waals surface area (Å²) in [6.07, 6.45) is 9.28. The number of nitrogens with zero attached hydrogens (tertiary/aromatic N) is 5. The fourth-order valence-corrected chi connectivity index (χ4v) is 10.9. The second kappa shape index (κ2) is 16.8. The second-order valence-electron chi connectivity index (χ2n) is 18.7. The maximum Gasteiger partial charge on any atom is 0.407 e. The van der Waals surface area contributed by atoms with Crippen LogP contribution in [0.25, 0.3) is 0 Å². The van der Waals surface area contributed by atoms with Crippen molar-refractivity contribution < 1.29 is 51.3 Å². The smallest absolute Gasteiger partial charge is 0.407 e. The number of carbonyl (C=O) groups is 4. The van der Waals surface area contributed by atoms with E-state index in [1.54, 1.807) is 40.1 Å². The Morgan fingerprint density at radius 1 is 0.855 bits per heavy atom. The topological polar surface area (TPSA) is 198 Å². The normalized spacial score (nSPS) is 31.8. The van der Waals surface area contributed by atoms with Gasteiger partial charge in [0, 0.05) is 54.4 Å². The number of carbonyl (C=O) groups excluding carboxylic acids is 4. The molecule has 8 rings (SSSR count). The number of aliphatic hydroxyl groups is 1. The first kappa shape index (κ1) is 43.9. The first-order valence-corrected chi connectivity index (χ1v) is 21.7. The van der Waals surface area contributed by atoms with Crippen LogP contribution in [0.15, 0.2) is 24.7 Å². The van der Waals surface area contributed by atoms with E-state index in [0.29, 0.717) is 6.42 Å². The SMILES string of the molecule is COC(=O)N[C@H](C(=O)N1CC(F)(F)C[C@H]1c1ncc(C2CCC3C(C2)OC2CCC(c4cnc([C@@H]5CC(F)(F)CN5C(=O)[C@@H](NC(=O)CO)C(C)C)[nH]4)C4C=CN3C24)[nH]1)C(C)C. The van der Waals surface area contributed by atoms with Crippen LogP contribution >= 0.6 is 0 Å². The summed E-state index contributed by atoms with van der Waals surface area (Å²) < 4.78 is 71.4. The first-order chi connectivity index (χ1) is 29.4. The third-order valence-electron chi connectivity index (χ3n) is 13.9. The van der Waals surface area contributed by atoms with Gasteiger partial charge in [-0.2, -0.15) is 0 Å². The van der Waals surface area contributed by atoms with E-state index in [2.05, 4.69) is 52.5 Å². The van der Waals surface area contributed by atoms with Gasteiger partial charge in [-0.15, -0.1) is 0 Å². The zero-order valence-corrected chi connectivity index (χ0v) is 35.5. The summed E-state index contributed by atoms with van der Waals surface area (Å²) in [5.41, 5.74) is 1.59. The van der Waals surface area contributed by atoms with Crippen LogP contribution in [-0.2, 0) is 23.9 Å². The molecule has 20 heteroatoms. The Morgan fingerprint density at radius 2 is 1.44 bits per heavy atom. The number of hydrogen-bond acceptors (Lipinski definition) is 10. The van der Waals surface area contributed by atoms with Gasteiger partial charge in [-0.05, 0) is 50.1 Å². The number of ether oxygens (including phenoxy) is 2. The van der Waals surface area contributed by atoms with Gasteiger partial charge < -0.3 is 49.9 Å². The Bertz CT molecular complexity index is 2040. The summed E-state index contributed by atoms with van der Waals surface area (Å²) in [7, 11) is 1.17. The lowest BCUT2D eigenvalue weighted by atomic mass is 9.71. The average molecular weight is 876 g/mol. The van der Waals surface area contributed by atoms with Crippen molar-refractivity contribution in [2.45, 2.75) is 145 Å². The molecular formula is C42H57F4N9O7. The van der Waals surface area contributed by atoms with Gasteiger partial charge in [0.2, 0.25) is 17.7 Å². The molecule has 4 aliphatic heterocycles. The molecule has 2 aromatic rings. The predicted octanol–water partition coefficient (Wildman–Crippen LogP) is 4.26. The molecule has 16 nitrogen and oxygen atoms in total. The molecule has 7 unspecified atom stereocenters. The number of amides is 4. The van der Waals surface area contributed by atoms with E-state index in [0.717, 1.165) is 46.9 Å². The number of methoxy groups -OCH3 is 1. The Morgan fingerprint density at radius 3 is 2.02 bits per heavy atom. The Hall–Kier alpha value is -4.72. The number of aromatic nitrogens is 4. The van der Waals surface area contributed by atoms with Gasteiger partial charge in [0.05, 0.1) is 56.6 Å². The minimum Gasteiger partial charge on any atom is -0.453 e. The summed E-state index contributed by atoms with van der Waals surface area (Å²) in [4.78, 5) is 71.6. The summed E-state index contributed by atoms with van der Waals surface area (Å²) in [5.74, 6) is -8.53. The number of rotatable bonds is 11. The summed E-state index contributed by atoms with van der Waals surface area (Å²) in [5, 5.41) is 14.2. The van der Waals surface area contributed by atoms with Crippen LogP contribution in [-0.4, -0.2) is 139 Å². The monoisotopic (exact) mass is 875 g/mol. The predicted molar refractivity (Wildman–Crippen MR) is 213 cm³/mol. The van der Waals surface area contributed by atoms with Gasteiger partial charge in [0.15, 0.2) is 0 Å². The number of aliphatic hydroxyl groups excluding tert-OH is 1. The third-order valence-corrected chi connectivity index (χ3v) is 13.9. The van der Waals surface area contributed by atoms with Crippen LogP contribution in [0.1, 0.15) is 120 Å². The fraction of sp³-hybridized carbons (Fsp3) is 0.714. The van der Waals surface area contributed by atoms with E-state index in [1.807, 2.05) is 0 Å². The molecule has 3 saturated heterocycles. The largest absolute Gasteiger partial charge is 0.453 e. The van der Waals surface area contributed by atoms with Crippen LogP contribution in [0.4, 0.5) is 22.4 Å². The molecule has 0 radical (unpaired) electrons. The molecule has 340 valence electrons. The number of halogens is 4. The minimum atomic E-state index is -3.16. The molecule has 6 aliphatic rings. The van der Waals surface area contributed by atoms with Crippen molar-refractivity contribution in [2.24, 2.45) is 17.8 Å². The highest BCUT2D eigenvalue weighted by molar-refractivity contribution is 5.89. The number of morpholine rings is 1. The zero-order chi connectivity index (χ0) is 44.4. The van der Waals surface area contributed by atoms with Gasteiger partial charge in [-0.1, -0.05) is 33.8 Å². The van der Waals surface area contributed by atoms with Crippen molar-refractivity contribution in [3.05, 3.63) is 47.7 Å². The standard InChI is InChI=1S/C42H57F4N9O7/c1-20(2)33(51-32(57)17-56)38(58)54-18-42(45,46)14-29(54)37-48-16-26(50-37)23-7-9-30-35-24(23)10-11-53(35)27-8-6-22(12-31(27)62-30)25-15-47-36(49-25)28-13-41(43,44)19-55(28)39(59)34(21(3)4)52-40(60)61-5/h10-11,15-16,20-24,27-31,33-35,56H,6-9,12-14,17-19H2,1-5H3,(H,47,49)(H,48,50)(H,51,57)(H,52,60)/t22?,23?,24?,27?,28-,29-,30?,31?,33-,34-,35?/m0/s1. The third kappa shape index (κ3) is 8.28. The molecule has 5 fully saturated rings. The van der Waals surface area contributed by atoms with Gasteiger partial charge in [-0.25, -0.2) is 32.3 Å². The molecule has 5 N–H and O–H groups in total. The lowest BCUT2D eigenvalue weighted by Gasteiger charge is -2.54. The summed E-state index contributed by atoms with van der Waals surface area (Å²) in [6.45, 7) is 4.41. The lowest BCUT2D eigenvalue weighted by Crippen LogP contribution is -2.62. The molecule has 6 heterocycles. The molecule has 0 spiro atoms. The van der Waals surface area contributed by atoms with Gasteiger partial charge in [0.25, 0.3) is 11.8 Å². The molecule has 2 aromatic heterocycles. The van der Waals surface area contributed by atoms with Crippen LogP contribution in [0.2, 0.25) is 0 Å². The Balaban J connectivity index is 0.931. The van der Waals surface area contributed by atoms with E-state index in [9.17, 15) is 41.8 Å². The van der Waals surface area contributed by atoms with E-state index in [4.69, 9.17) is 4.74 Å². The number of aromatic amines is 2. The first-order valence-electron chi connectivity index (χ1n) is 21.7. The molecule has 0 bridgehead atoms. The number of imidazole rings is 2. The Labute approximate surface area is 356 Å². The second-order valence-corrected chi connectivity index (χ2v) is 18.7. The van der Waals surface area contributed by atoms with Crippen LogP contribution < -0.4 is 10.6 Å². The van der Waals surface area contributed by atoms with Crippen molar-refractivity contribution in [2.75, 3.05) is 26.8 Å². The molecule has 62 heavy (non-hydrogen) atoms. The van der Waals surface area contributed by atoms with Crippen LogP contribution in [0, 0.1) is 17.8 Å². The highest BCUT2D eigenvalue weighted by Gasteiger charge is 2.55. The maximum absolute atomic E-state index is 15.0. The zero-order valence-electron chi connectivity index (χ0n) is 35.5. The average Bonchev–Trinajstić information content (AvgIpc) is 4.08. The van der Waals surface area contributed by atoms with E-state index in [-0.39, 0.29) is 59.6 Å². The van der Waals surface area contributed by atoms with E-state index in [1.165, 1.54) is 7.11 Å². The van der Waals surface area contributed by atoms with Crippen molar-refractivity contribution in [1.29, 1.82) is 0 Å². The summed E-state index contributed by atoms with van der Waals surface area (Å²) in [6, 6.07) is -4.03. The quantitative estimate of drug-likeness (QED) is 0.204. The number of alkyl halides is 4. The molecule has 4 amide bonds. The lowest BCUT2D eigenvalue weighted by molar-refractivity contribution is -0.168. The van der Waals surface area contributed by atoms with Crippen molar-refractivity contribution in [3.8, 4) is 0 Å². The number of hydrogen-bond donors (Lipinski definition) is 5. The maximum atomic E-state index is 15.0. The van der Waals surface area contributed by atoms with E-state index < -0.39 is 98.3 Å². The molecule has 0 aromatic carbocycles. The van der Waals surface area contributed by atoms with Crippen LogP contribution in [0.3, 0.4) is 0 Å². The molecule has 11 atom stereocenters. The van der Waals surface area contributed by atoms with Gasteiger partial charge in [-0.3, -0.25) is 14.4 Å². The highest BCUT2D eigenvalue weighted by Crippen LogP contribution is 2.52. The fourth-order valence-electron chi connectivity index (χ4n) is 10.9. The highest BCUT2D eigenvalue weighted by atomic mass is 19.3. The number of H-pyrrole nitrogens is 2. The van der Waals surface area contributed by atoms with E-state index >= 15 is 0 Å². The minimum absolute atomic E-state index is 0.00144. The number of alkyl carbamates (subject to hydrolysis) is 1. The molecular weight excluding hydrogens is 819 g/mol. The number of likely N-dealkylation sites (tertiary alicyclic amines) is 2. The molecule has 2 saturated carbocycles. The summed E-state index contributed by atoms with van der Waals surface area (Å²) >= 11 is 0. The number of fused-ring (bicyclic) bond motifs is 2. The van der Waals surface area contributed by atoms with Gasteiger partial charge in [0.1, 0.15) is 30.3 Å². The van der Waals surface area contributed by atoms with Crippen molar-refractivity contribution >= 4 is 23.8 Å². The van der Waals surface area contributed by atoms with Crippen molar-refractivity contribution in [1.82, 2.24) is 45.3 Å². The Kier molecular flexibility index (Phi) is 11.9. The van der Waals surface area contributed by atoms with Crippen LogP contribution in [0.5, 0.6) is 0 Å². The molecule has 2 aliphatic carbocycles.